The van der Waals surface area contributed by atoms with Crippen LogP contribution in [0.15, 0.2) is 67.0 Å². The summed E-state index contributed by atoms with van der Waals surface area (Å²) >= 11 is 0. The first kappa shape index (κ1) is 25.3. The number of halogens is 5. The molecule has 0 radical (unpaired) electrons. The van der Waals surface area contributed by atoms with E-state index < -0.39 is 54.7 Å². The van der Waals surface area contributed by atoms with Crippen LogP contribution in [0, 0.1) is 29.1 Å². The fourth-order valence-corrected chi connectivity index (χ4v) is 6.46. The zero-order valence-electron chi connectivity index (χ0n) is 20.5. The number of nitrogens with zero attached hydrogens (tertiary/aromatic N) is 3. The van der Waals surface area contributed by atoms with Crippen LogP contribution < -0.4 is 4.57 Å². The van der Waals surface area contributed by atoms with Gasteiger partial charge in [0.25, 0.3) is 5.82 Å². The Morgan fingerprint density at radius 2 is 1.30 bits per heavy atom. The van der Waals surface area contributed by atoms with Gasteiger partial charge in [-0.05, 0) is 37.2 Å². The number of hydrogen-bond acceptors (Lipinski definition) is 2. The van der Waals surface area contributed by atoms with E-state index in [0.29, 0.717) is 18.7 Å². The average Bonchev–Trinajstić information content (AvgIpc) is 3.47. The van der Waals surface area contributed by atoms with Crippen molar-refractivity contribution < 1.29 is 30.9 Å². The number of aromatic nitrogens is 3. The molecule has 0 bridgehead atoms. The van der Waals surface area contributed by atoms with E-state index in [1.807, 2.05) is 60.7 Å². The first-order valence-corrected chi connectivity index (χ1v) is 15.3. The number of rotatable bonds is 6. The predicted molar refractivity (Wildman–Crippen MR) is 129 cm³/mol. The number of benzene rings is 3. The van der Waals surface area contributed by atoms with Gasteiger partial charge in [-0.25, -0.2) is 17.7 Å². The van der Waals surface area contributed by atoms with E-state index in [1.165, 1.54) is 6.33 Å². The van der Waals surface area contributed by atoms with Crippen LogP contribution in [0.1, 0.15) is 29.4 Å². The van der Waals surface area contributed by atoms with Crippen LogP contribution in [-0.2, 0) is 16.4 Å². The molecule has 0 saturated heterocycles. The van der Waals surface area contributed by atoms with Crippen molar-refractivity contribution in [1.82, 2.24) is 9.78 Å². The highest BCUT2D eigenvalue weighted by Gasteiger charge is 2.52. The maximum Gasteiger partial charge on any atom is 0.278 e. The van der Waals surface area contributed by atoms with E-state index in [-0.39, 0.29) is 0 Å². The number of aryl methyl sites for hydroxylation is 1. The summed E-state index contributed by atoms with van der Waals surface area (Å²) in [6.07, 6.45) is 2.30. The highest BCUT2D eigenvalue weighted by molar-refractivity contribution is 6.69. The minimum atomic E-state index is -2.24. The minimum absolute atomic E-state index is 0.408. The zero-order chi connectivity index (χ0) is 26.5. The molecule has 1 aliphatic heterocycles. The van der Waals surface area contributed by atoms with Crippen LogP contribution in [0.2, 0.25) is 19.6 Å². The molecule has 4 nitrogen and oxygen atoms in total. The summed E-state index contributed by atoms with van der Waals surface area (Å²) in [6.45, 7) is 6.23. The lowest BCUT2D eigenvalue weighted by atomic mass is 9.79. The zero-order valence-corrected chi connectivity index (χ0v) is 21.5. The first-order chi connectivity index (χ1) is 17.5. The standard InChI is InChI=1S/C27H25F5N3OSi/c1-37(2,3)36-27(17-10-6-4-7-11-17,18-12-8-5-9-13-18)19-14-15-20-33-35(16-34(19)20)26-24(31)22(29)21(28)23(30)25(26)32/h4-13,16,19H,14-15H2,1-3H3/q+1/t19-/m1/s1. The minimum Gasteiger partial charge on any atom is -0.401 e. The molecule has 4 aromatic rings. The van der Waals surface area contributed by atoms with Crippen LogP contribution in [0.25, 0.3) is 5.69 Å². The molecule has 0 N–H and O–H groups in total. The first-order valence-electron chi connectivity index (χ1n) is 11.9. The van der Waals surface area contributed by atoms with Gasteiger partial charge in [0.1, 0.15) is 11.6 Å². The Morgan fingerprint density at radius 3 is 1.78 bits per heavy atom. The van der Waals surface area contributed by atoms with Gasteiger partial charge in [-0.2, -0.15) is 8.78 Å². The van der Waals surface area contributed by atoms with Gasteiger partial charge in [0.05, 0.1) is 0 Å². The molecule has 0 aliphatic carbocycles. The average molecular weight is 531 g/mol. The Balaban J connectivity index is 1.74. The molecule has 37 heavy (non-hydrogen) atoms. The Bertz CT molecular complexity index is 1390. The molecule has 1 aromatic heterocycles. The summed E-state index contributed by atoms with van der Waals surface area (Å²) in [4.78, 5) is 0. The van der Waals surface area contributed by atoms with E-state index in [0.717, 1.165) is 15.8 Å². The molecule has 10 heteroatoms. The molecule has 0 saturated carbocycles. The fraction of sp³-hybridized carbons (Fsp3) is 0.259. The molecule has 0 spiro atoms. The lowest BCUT2D eigenvalue weighted by Gasteiger charge is -2.43. The summed E-state index contributed by atoms with van der Waals surface area (Å²) in [5.41, 5.74) is -0.336. The van der Waals surface area contributed by atoms with Gasteiger partial charge in [-0.1, -0.05) is 65.3 Å². The van der Waals surface area contributed by atoms with Gasteiger partial charge in [-0.3, -0.25) is 0 Å². The molecule has 1 aliphatic rings. The van der Waals surface area contributed by atoms with Crippen molar-refractivity contribution in [3.05, 3.63) is 113 Å². The third-order valence-electron chi connectivity index (χ3n) is 6.49. The number of fused-ring (bicyclic) bond motifs is 1. The quantitative estimate of drug-likeness (QED) is 0.0986. The lowest BCUT2D eigenvalue weighted by Crippen LogP contribution is -2.54. The SMILES string of the molecule is C[Si](C)(C)OC(c1ccccc1)(c1ccccc1)[C@H]1CCc2nn(-c3c(F)c(F)c(F)c(F)c3F)c[n+]21. The van der Waals surface area contributed by atoms with Gasteiger partial charge in [0, 0.05) is 11.5 Å². The van der Waals surface area contributed by atoms with Gasteiger partial charge < -0.3 is 4.43 Å². The van der Waals surface area contributed by atoms with Crippen molar-refractivity contribution in [1.29, 1.82) is 0 Å². The Morgan fingerprint density at radius 1 is 0.811 bits per heavy atom. The van der Waals surface area contributed by atoms with Gasteiger partial charge in [0.15, 0.2) is 8.32 Å². The second-order valence-electron chi connectivity index (χ2n) is 10.0. The van der Waals surface area contributed by atoms with Crippen LogP contribution >= 0.6 is 0 Å². The monoisotopic (exact) mass is 530 g/mol. The molecule has 0 amide bonds. The largest absolute Gasteiger partial charge is 0.401 e. The Kier molecular flexibility index (Phi) is 6.27. The third-order valence-corrected chi connectivity index (χ3v) is 7.42. The predicted octanol–water partition coefficient (Wildman–Crippen LogP) is 6.14. The third kappa shape index (κ3) is 4.17. The fourth-order valence-electron chi connectivity index (χ4n) is 5.12. The number of hydrogen-bond donors (Lipinski definition) is 0. The summed E-state index contributed by atoms with van der Waals surface area (Å²) in [5.74, 6) is -9.67. The molecular weight excluding hydrogens is 505 g/mol. The van der Waals surface area contributed by atoms with Crippen LogP contribution in [-0.4, -0.2) is 18.1 Å². The van der Waals surface area contributed by atoms with Crippen molar-refractivity contribution in [3.63, 3.8) is 0 Å². The van der Waals surface area contributed by atoms with Crippen molar-refractivity contribution in [2.24, 2.45) is 0 Å². The topological polar surface area (TPSA) is 30.9 Å². The van der Waals surface area contributed by atoms with E-state index in [2.05, 4.69) is 24.7 Å². The summed E-state index contributed by atoms with van der Waals surface area (Å²) < 4.78 is 80.3. The van der Waals surface area contributed by atoms with Crippen molar-refractivity contribution in [2.45, 2.75) is 44.1 Å². The molecule has 0 unspecified atom stereocenters. The van der Waals surface area contributed by atoms with E-state index in [9.17, 15) is 22.0 Å². The molecule has 1 atom stereocenters. The van der Waals surface area contributed by atoms with Crippen LogP contribution in [0.3, 0.4) is 0 Å². The molecule has 5 rings (SSSR count). The summed E-state index contributed by atoms with van der Waals surface area (Å²) in [6, 6.07) is 19.0. The Labute approximate surface area is 212 Å². The molecular formula is C27H25F5N3OSi+. The maximum absolute atomic E-state index is 14.6. The van der Waals surface area contributed by atoms with Crippen LogP contribution in [0.4, 0.5) is 22.0 Å². The highest BCUT2D eigenvalue weighted by Crippen LogP contribution is 2.46. The summed E-state index contributed by atoms with van der Waals surface area (Å²) in [7, 11) is -2.24. The van der Waals surface area contributed by atoms with Gasteiger partial charge >= 0.3 is 0 Å². The van der Waals surface area contributed by atoms with E-state index in [4.69, 9.17) is 4.43 Å². The molecule has 2 heterocycles. The maximum atomic E-state index is 14.6. The molecule has 3 aromatic carbocycles. The van der Waals surface area contributed by atoms with Gasteiger partial charge in [-0.15, -0.1) is 0 Å². The second-order valence-corrected chi connectivity index (χ2v) is 14.5. The second kappa shape index (κ2) is 9.18. The van der Waals surface area contributed by atoms with Crippen molar-refractivity contribution in [2.75, 3.05) is 0 Å². The van der Waals surface area contributed by atoms with E-state index >= 15 is 0 Å². The molecule has 192 valence electrons. The molecule has 0 fully saturated rings. The van der Waals surface area contributed by atoms with Crippen LogP contribution in [0.5, 0.6) is 0 Å². The lowest BCUT2D eigenvalue weighted by molar-refractivity contribution is -0.730. The normalized spacial score (nSPS) is 15.7. The summed E-state index contributed by atoms with van der Waals surface area (Å²) in [5, 5.41) is 4.24. The Hall–Kier alpha value is -3.37. The highest BCUT2D eigenvalue weighted by atomic mass is 28.4. The smallest absolute Gasteiger partial charge is 0.278 e. The van der Waals surface area contributed by atoms with Crippen molar-refractivity contribution >= 4 is 8.32 Å². The van der Waals surface area contributed by atoms with E-state index in [1.54, 1.807) is 4.57 Å². The van der Waals surface area contributed by atoms with Crippen molar-refractivity contribution in [3.8, 4) is 5.69 Å². The van der Waals surface area contributed by atoms with Gasteiger partial charge in [0.2, 0.25) is 41.1 Å².